The van der Waals surface area contributed by atoms with E-state index >= 15 is 0 Å². The molecular weight excluding hydrogens is 268 g/mol. The third-order valence-electron chi connectivity index (χ3n) is 3.12. The Morgan fingerprint density at radius 1 is 1.33 bits per heavy atom. The summed E-state index contributed by atoms with van der Waals surface area (Å²) >= 11 is 0. The van der Waals surface area contributed by atoms with E-state index in [0.717, 1.165) is 5.56 Å². The minimum atomic E-state index is 0.223. The van der Waals surface area contributed by atoms with Crippen molar-refractivity contribution in [3.63, 3.8) is 0 Å². The van der Waals surface area contributed by atoms with Crippen LogP contribution in [0.4, 0.5) is 0 Å². The molecule has 0 aliphatic heterocycles. The van der Waals surface area contributed by atoms with Crippen LogP contribution >= 0.6 is 0 Å². The molecule has 6 heteroatoms. The van der Waals surface area contributed by atoms with Crippen LogP contribution in [0.2, 0.25) is 0 Å². The number of aryl methyl sites for hydroxylation is 1. The van der Waals surface area contributed by atoms with Crippen LogP contribution in [0.25, 0.3) is 11.6 Å². The van der Waals surface area contributed by atoms with Crippen LogP contribution in [0, 0.1) is 11.3 Å². The lowest BCUT2D eigenvalue weighted by molar-refractivity contribution is 0.421. The molecule has 2 aromatic heterocycles. The van der Waals surface area contributed by atoms with E-state index in [1.807, 2.05) is 19.2 Å². The first-order chi connectivity index (χ1) is 10.2. The van der Waals surface area contributed by atoms with Crippen molar-refractivity contribution in [2.24, 2.45) is 7.05 Å². The molecule has 3 rings (SSSR count). The number of nitrogens with zero attached hydrogens (tertiary/aromatic N) is 4. The first-order valence-corrected chi connectivity index (χ1v) is 6.33. The van der Waals surface area contributed by atoms with Crippen LogP contribution in [0.5, 0.6) is 5.75 Å². The van der Waals surface area contributed by atoms with Gasteiger partial charge in [0.05, 0.1) is 5.56 Å². The lowest BCUT2D eigenvalue weighted by atomic mass is 10.1. The van der Waals surface area contributed by atoms with Gasteiger partial charge in [0.2, 0.25) is 0 Å². The Morgan fingerprint density at radius 3 is 2.76 bits per heavy atom. The summed E-state index contributed by atoms with van der Waals surface area (Å²) in [5, 5.41) is 22.1. The van der Waals surface area contributed by atoms with Gasteiger partial charge in [0, 0.05) is 19.7 Å². The van der Waals surface area contributed by atoms with Gasteiger partial charge in [-0.2, -0.15) is 10.2 Å². The molecule has 0 saturated heterocycles. The molecule has 104 valence electrons. The van der Waals surface area contributed by atoms with E-state index in [-0.39, 0.29) is 5.75 Å². The van der Waals surface area contributed by atoms with Gasteiger partial charge in [-0.05, 0) is 23.8 Å². The number of phenols is 1. The highest BCUT2D eigenvalue weighted by molar-refractivity contribution is 5.52. The van der Waals surface area contributed by atoms with Crippen LogP contribution in [0.1, 0.15) is 17.0 Å². The molecule has 6 nitrogen and oxygen atoms in total. The second-order valence-electron chi connectivity index (χ2n) is 4.70. The third-order valence-corrected chi connectivity index (χ3v) is 3.12. The molecule has 0 unspecified atom stereocenters. The number of hydrogen-bond donors (Lipinski definition) is 1. The third kappa shape index (κ3) is 2.62. The molecule has 0 fully saturated rings. The van der Waals surface area contributed by atoms with Crippen molar-refractivity contribution in [3.8, 4) is 23.4 Å². The highest BCUT2D eigenvalue weighted by Crippen LogP contribution is 2.20. The molecule has 3 aromatic rings. The quantitative estimate of drug-likeness (QED) is 0.795. The van der Waals surface area contributed by atoms with E-state index < -0.39 is 0 Å². The Labute approximate surface area is 120 Å². The first kappa shape index (κ1) is 12.9. The van der Waals surface area contributed by atoms with Crippen molar-refractivity contribution in [3.05, 3.63) is 53.5 Å². The summed E-state index contributed by atoms with van der Waals surface area (Å²) in [6.45, 7) is 0. The number of nitriles is 1. The van der Waals surface area contributed by atoms with Gasteiger partial charge < -0.3 is 14.2 Å². The molecule has 21 heavy (non-hydrogen) atoms. The summed E-state index contributed by atoms with van der Waals surface area (Å²) in [6.07, 6.45) is 2.22. The smallest absolute Gasteiger partial charge is 0.274 e. The van der Waals surface area contributed by atoms with E-state index in [0.29, 0.717) is 29.4 Å². The van der Waals surface area contributed by atoms with Crippen molar-refractivity contribution < 1.29 is 9.63 Å². The molecule has 1 N–H and O–H groups in total. The van der Waals surface area contributed by atoms with Gasteiger partial charge in [-0.1, -0.05) is 17.3 Å². The highest BCUT2D eigenvalue weighted by atomic mass is 16.5. The number of aromatic nitrogens is 3. The molecule has 0 spiro atoms. The van der Waals surface area contributed by atoms with Gasteiger partial charge in [0.15, 0.2) is 5.82 Å². The van der Waals surface area contributed by atoms with Crippen molar-refractivity contribution in [1.29, 1.82) is 5.26 Å². The van der Waals surface area contributed by atoms with Crippen molar-refractivity contribution in [2.75, 3.05) is 0 Å². The standard InChI is InChI=1S/C15H12N4O2/c1-19-9-11(8-16)6-13(19)15-17-14(18-21-15)7-10-2-4-12(20)5-3-10/h2-6,9,20H,7H2,1H3. The average Bonchev–Trinajstić information content (AvgIpc) is 3.07. The molecule has 0 bridgehead atoms. The molecule has 2 heterocycles. The number of hydrogen-bond acceptors (Lipinski definition) is 5. The minimum absolute atomic E-state index is 0.223. The van der Waals surface area contributed by atoms with Crippen LogP contribution in [0.15, 0.2) is 41.1 Å². The monoisotopic (exact) mass is 280 g/mol. The fourth-order valence-electron chi connectivity index (χ4n) is 2.06. The maximum Gasteiger partial charge on any atom is 0.274 e. The van der Waals surface area contributed by atoms with Crippen LogP contribution in [-0.2, 0) is 13.5 Å². The Morgan fingerprint density at radius 2 is 2.10 bits per heavy atom. The molecule has 0 radical (unpaired) electrons. The van der Waals surface area contributed by atoms with Crippen molar-refractivity contribution in [2.45, 2.75) is 6.42 Å². The van der Waals surface area contributed by atoms with E-state index in [2.05, 4.69) is 16.2 Å². The summed E-state index contributed by atoms with van der Waals surface area (Å²) in [5.74, 6) is 1.16. The SMILES string of the molecule is Cn1cc(C#N)cc1-c1nc(Cc2ccc(O)cc2)no1. The fraction of sp³-hybridized carbons (Fsp3) is 0.133. The number of phenolic OH excluding ortho intramolecular Hbond substituents is 1. The van der Waals surface area contributed by atoms with E-state index in [1.165, 1.54) is 0 Å². The van der Waals surface area contributed by atoms with Gasteiger partial charge >= 0.3 is 0 Å². The maximum absolute atomic E-state index is 9.25. The highest BCUT2D eigenvalue weighted by Gasteiger charge is 2.13. The summed E-state index contributed by atoms with van der Waals surface area (Å²) < 4.78 is 7.02. The zero-order valence-corrected chi connectivity index (χ0v) is 11.3. The summed E-state index contributed by atoms with van der Waals surface area (Å²) in [6, 6.07) is 10.6. The largest absolute Gasteiger partial charge is 0.508 e. The average molecular weight is 280 g/mol. The molecule has 0 aliphatic carbocycles. The lowest BCUT2D eigenvalue weighted by Crippen LogP contribution is -1.92. The van der Waals surface area contributed by atoms with Crippen molar-refractivity contribution >= 4 is 0 Å². The Kier molecular flexibility index (Phi) is 3.16. The van der Waals surface area contributed by atoms with Gasteiger partial charge in [-0.15, -0.1) is 0 Å². The number of rotatable bonds is 3. The molecule has 1 aromatic carbocycles. The number of aromatic hydroxyl groups is 1. The minimum Gasteiger partial charge on any atom is -0.508 e. The molecule has 0 saturated carbocycles. The zero-order chi connectivity index (χ0) is 14.8. The second-order valence-corrected chi connectivity index (χ2v) is 4.70. The maximum atomic E-state index is 9.25. The number of benzene rings is 1. The molecule has 0 aliphatic rings. The predicted octanol–water partition coefficient (Wildman–Crippen LogP) is 2.24. The van der Waals surface area contributed by atoms with Gasteiger partial charge in [0.1, 0.15) is 17.5 Å². The molecular formula is C15H12N4O2. The fourth-order valence-corrected chi connectivity index (χ4v) is 2.06. The predicted molar refractivity (Wildman–Crippen MR) is 74.3 cm³/mol. The normalized spacial score (nSPS) is 10.5. The van der Waals surface area contributed by atoms with Crippen molar-refractivity contribution in [1.82, 2.24) is 14.7 Å². The summed E-state index contributed by atoms with van der Waals surface area (Å²) in [5.41, 5.74) is 2.23. The summed E-state index contributed by atoms with van der Waals surface area (Å²) in [7, 11) is 1.82. The molecule has 0 amide bonds. The topological polar surface area (TPSA) is 87.9 Å². The van der Waals surface area contributed by atoms with Crippen LogP contribution in [-0.4, -0.2) is 19.8 Å². The zero-order valence-electron chi connectivity index (χ0n) is 11.3. The molecule has 0 atom stereocenters. The van der Waals surface area contributed by atoms with Crippen LogP contribution in [0.3, 0.4) is 0 Å². The Balaban J connectivity index is 1.84. The Hall–Kier alpha value is -3.07. The van der Waals surface area contributed by atoms with E-state index in [1.54, 1.807) is 29.0 Å². The second kappa shape index (κ2) is 5.13. The van der Waals surface area contributed by atoms with E-state index in [4.69, 9.17) is 9.78 Å². The lowest BCUT2D eigenvalue weighted by Gasteiger charge is -1.97. The van der Waals surface area contributed by atoms with Gasteiger partial charge in [0.25, 0.3) is 5.89 Å². The van der Waals surface area contributed by atoms with Gasteiger partial charge in [-0.25, -0.2) is 0 Å². The summed E-state index contributed by atoms with van der Waals surface area (Å²) in [4.78, 5) is 4.34. The van der Waals surface area contributed by atoms with Gasteiger partial charge in [-0.3, -0.25) is 0 Å². The Bertz CT molecular complexity index is 809. The first-order valence-electron chi connectivity index (χ1n) is 6.33. The van der Waals surface area contributed by atoms with E-state index in [9.17, 15) is 5.11 Å². The van der Waals surface area contributed by atoms with Crippen LogP contribution < -0.4 is 0 Å².